The largest absolute Gasteiger partial charge is 0.300 e. The van der Waals surface area contributed by atoms with Crippen LogP contribution in [0.5, 0.6) is 0 Å². The molecule has 0 fully saturated rings. The van der Waals surface area contributed by atoms with Gasteiger partial charge in [-0.05, 0) is 12.8 Å². The Morgan fingerprint density at radius 2 is 2.00 bits per heavy atom. The molecule has 0 aliphatic rings. The van der Waals surface area contributed by atoms with Gasteiger partial charge in [0.2, 0.25) is 11.0 Å². The van der Waals surface area contributed by atoms with E-state index >= 15 is 0 Å². The summed E-state index contributed by atoms with van der Waals surface area (Å²) in [6, 6.07) is 0. The van der Waals surface area contributed by atoms with Crippen molar-refractivity contribution in [3.8, 4) is 0 Å². The summed E-state index contributed by atoms with van der Waals surface area (Å²) in [4.78, 5) is 12.1. The third kappa shape index (κ3) is 4.90. The Morgan fingerprint density at radius 3 is 2.47 bits per heavy atom. The van der Waals surface area contributed by atoms with Crippen molar-refractivity contribution in [1.29, 1.82) is 0 Å². The summed E-state index contributed by atoms with van der Waals surface area (Å²) < 4.78 is 0. The van der Waals surface area contributed by atoms with Crippen LogP contribution < -0.4 is 5.32 Å². The number of rotatable bonds is 6. The van der Waals surface area contributed by atoms with Gasteiger partial charge in [0, 0.05) is 11.3 Å². The van der Waals surface area contributed by atoms with Gasteiger partial charge in [-0.25, -0.2) is 0 Å². The van der Waals surface area contributed by atoms with E-state index in [1.807, 2.05) is 0 Å². The van der Waals surface area contributed by atoms with Crippen LogP contribution in [0.1, 0.15) is 65.3 Å². The lowest BCUT2D eigenvalue weighted by Crippen LogP contribution is -2.22. The molecule has 0 aromatic carbocycles. The zero-order valence-corrected chi connectivity index (χ0v) is 13.4. The first kappa shape index (κ1) is 16.1. The summed E-state index contributed by atoms with van der Waals surface area (Å²) >= 11 is 1.47. The topological polar surface area (TPSA) is 54.9 Å². The number of carbonyl (C=O) groups excluding carboxylic acids is 1. The quantitative estimate of drug-likeness (QED) is 0.858. The monoisotopic (exact) mass is 283 g/mol. The summed E-state index contributed by atoms with van der Waals surface area (Å²) in [5, 5.41) is 12.7. The van der Waals surface area contributed by atoms with E-state index in [4.69, 9.17) is 0 Å². The molecule has 5 heteroatoms. The maximum atomic E-state index is 12.1. The van der Waals surface area contributed by atoms with Gasteiger partial charge < -0.3 is 5.32 Å². The molecule has 1 N–H and O–H groups in total. The van der Waals surface area contributed by atoms with Crippen LogP contribution in [0.2, 0.25) is 0 Å². The van der Waals surface area contributed by atoms with E-state index in [0.29, 0.717) is 5.13 Å². The molecule has 1 amide bonds. The van der Waals surface area contributed by atoms with E-state index < -0.39 is 0 Å². The molecule has 4 nitrogen and oxygen atoms in total. The van der Waals surface area contributed by atoms with Crippen molar-refractivity contribution in [1.82, 2.24) is 10.2 Å². The minimum absolute atomic E-state index is 0.0208. The molecule has 108 valence electrons. The van der Waals surface area contributed by atoms with E-state index in [-0.39, 0.29) is 17.2 Å². The van der Waals surface area contributed by atoms with E-state index in [1.54, 1.807) is 0 Å². The van der Waals surface area contributed by atoms with Gasteiger partial charge in [0.1, 0.15) is 5.01 Å². The lowest BCUT2D eigenvalue weighted by molar-refractivity contribution is -0.120. The highest BCUT2D eigenvalue weighted by Gasteiger charge is 2.21. The smallest absolute Gasteiger partial charge is 0.229 e. The summed E-state index contributed by atoms with van der Waals surface area (Å²) in [7, 11) is 0. The predicted molar refractivity (Wildman–Crippen MR) is 80.5 cm³/mol. The molecule has 1 aromatic rings. The maximum absolute atomic E-state index is 12.1. The van der Waals surface area contributed by atoms with Crippen LogP contribution in [0.15, 0.2) is 0 Å². The van der Waals surface area contributed by atoms with Crippen molar-refractivity contribution in [2.75, 3.05) is 5.32 Å². The number of carbonyl (C=O) groups is 1. The SMILES string of the molecule is CCCC[C@H](CC)C(=O)Nc1nnc(C(C)(C)C)s1. The van der Waals surface area contributed by atoms with Gasteiger partial charge in [-0.3, -0.25) is 4.79 Å². The highest BCUT2D eigenvalue weighted by molar-refractivity contribution is 7.15. The van der Waals surface area contributed by atoms with Crippen molar-refractivity contribution in [3.63, 3.8) is 0 Å². The van der Waals surface area contributed by atoms with Crippen LogP contribution >= 0.6 is 11.3 Å². The number of amides is 1. The molecule has 1 aromatic heterocycles. The Kier molecular flexibility index (Phi) is 5.91. The third-order valence-corrected chi connectivity index (χ3v) is 4.33. The van der Waals surface area contributed by atoms with Crippen molar-refractivity contribution >= 4 is 22.4 Å². The normalized spacial score (nSPS) is 13.3. The molecule has 19 heavy (non-hydrogen) atoms. The summed E-state index contributed by atoms with van der Waals surface area (Å²) in [5.74, 6) is 0.162. The molecular formula is C14H25N3OS. The number of aromatic nitrogens is 2. The number of anilines is 1. The van der Waals surface area contributed by atoms with Crippen LogP contribution in [0.3, 0.4) is 0 Å². The van der Waals surface area contributed by atoms with E-state index in [9.17, 15) is 4.79 Å². The highest BCUT2D eigenvalue weighted by Crippen LogP contribution is 2.28. The van der Waals surface area contributed by atoms with Crippen LogP contribution in [0.4, 0.5) is 5.13 Å². The van der Waals surface area contributed by atoms with Crippen LogP contribution in [-0.2, 0) is 10.2 Å². The number of unbranched alkanes of at least 4 members (excludes halogenated alkanes) is 1. The lowest BCUT2D eigenvalue weighted by Gasteiger charge is -2.13. The van der Waals surface area contributed by atoms with Crippen LogP contribution in [-0.4, -0.2) is 16.1 Å². The Balaban J connectivity index is 2.63. The molecule has 0 aliphatic heterocycles. The number of hydrogen-bond donors (Lipinski definition) is 1. The molecule has 1 heterocycles. The number of hydrogen-bond acceptors (Lipinski definition) is 4. The molecule has 1 atom stereocenters. The fourth-order valence-corrected chi connectivity index (χ4v) is 2.56. The minimum atomic E-state index is -0.0208. The Hall–Kier alpha value is -0.970. The summed E-state index contributed by atoms with van der Waals surface area (Å²) in [5.41, 5.74) is -0.0208. The van der Waals surface area contributed by atoms with Gasteiger partial charge in [-0.1, -0.05) is 58.8 Å². The first-order chi connectivity index (χ1) is 8.88. The predicted octanol–water partition coefficient (Wildman–Crippen LogP) is 3.99. The Morgan fingerprint density at radius 1 is 1.32 bits per heavy atom. The maximum Gasteiger partial charge on any atom is 0.229 e. The fraction of sp³-hybridized carbons (Fsp3) is 0.786. The van der Waals surface area contributed by atoms with E-state index in [1.165, 1.54) is 11.3 Å². The molecule has 0 aliphatic carbocycles. The van der Waals surface area contributed by atoms with Crippen LogP contribution in [0.25, 0.3) is 0 Å². The van der Waals surface area contributed by atoms with Crippen molar-refractivity contribution < 1.29 is 4.79 Å². The van der Waals surface area contributed by atoms with Gasteiger partial charge in [-0.2, -0.15) is 0 Å². The van der Waals surface area contributed by atoms with Gasteiger partial charge in [0.25, 0.3) is 0 Å². The second-order valence-corrected chi connectivity index (χ2v) is 6.88. The number of nitrogens with one attached hydrogen (secondary N) is 1. The minimum Gasteiger partial charge on any atom is -0.300 e. The second kappa shape index (κ2) is 6.98. The number of nitrogens with zero attached hydrogens (tertiary/aromatic N) is 2. The highest BCUT2D eigenvalue weighted by atomic mass is 32.1. The van der Waals surface area contributed by atoms with Crippen molar-refractivity contribution in [2.45, 2.75) is 65.7 Å². The second-order valence-electron chi connectivity index (χ2n) is 5.90. The zero-order chi connectivity index (χ0) is 14.5. The average molecular weight is 283 g/mol. The summed E-state index contributed by atoms with van der Waals surface area (Å²) in [6.45, 7) is 10.5. The summed E-state index contributed by atoms with van der Waals surface area (Å²) in [6.07, 6.45) is 4.03. The van der Waals surface area contributed by atoms with E-state index in [2.05, 4.69) is 50.1 Å². The van der Waals surface area contributed by atoms with Crippen molar-refractivity contribution in [3.05, 3.63) is 5.01 Å². The molecule has 1 rings (SSSR count). The molecule has 0 saturated heterocycles. The first-order valence-corrected chi connectivity index (χ1v) is 7.85. The Bertz CT molecular complexity index is 409. The molecule has 0 saturated carbocycles. The molecule has 0 unspecified atom stereocenters. The first-order valence-electron chi connectivity index (χ1n) is 7.03. The zero-order valence-electron chi connectivity index (χ0n) is 12.6. The third-order valence-electron chi connectivity index (χ3n) is 3.07. The van der Waals surface area contributed by atoms with Crippen molar-refractivity contribution in [2.24, 2.45) is 5.92 Å². The van der Waals surface area contributed by atoms with E-state index in [0.717, 1.165) is 30.7 Å². The molecule has 0 spiro atoms. The van der Waals surface area contributed by atoms with Gasteiger partial charge in [0.05, 0.1) is 0 Å². The fourth-order valence-electron chi connectivity index (χ4n) is 1.76. The molecular weight excluding hydrogens is 258 g/mol. The van der Waals surface area contributed by atoms with Crippen LogP contribution in [0, 0.1) is 5.92 Å². The Labute approximate surface area is 120 Å². The van der Waals surface area contributed by atoms with Gasteiger partial charge in [0.15, 0.2) is 0 Å². The standard InChI is InChI=1S/C14H25N3OS/c1-6-8-9-10(7-2)11(18)15-13-17-16-12(19-13)14(3,4)5/h10H,6-9H2,1-5H3,(H,15,17,18)/t10-/m0/s1. The molecule has 0 radical (unpaired) electrons. The lowest BCUT2D eigenvalue weighted by atomic mass is 9.98. The molecule has 0 bridgehead atoms. The van der Waals surface area contributed by atoms with Gasteiger partial charge >= 0.3 is 0 Å². The average Bonchev–Trinajstić information content (AvgIpc) is 2.78. The van der Waals surface area contributed by atoms with Gasteiger partial charge in [-0.15, -0.1) is 10.2 Å².